The Labute approximate surface area is 102 Å². The summed E-state index contributed by atoms with van der Waals surface area (Å²) in [4.78, 5) is 4.23. The highest BCUT2D eigenvalue weighted by Crippen LogP contribution is 2.29. The summed E-state index contributed by atoms with van der Waals surface area (Å²) in [5.74, 6) is 0.788. The second-order valence-corrected chi connectivity index (χ2v) is 5.04. The summed E-state index contributed by atoms with van der Waals surface area (Å²) in [6.45, 7) is 1.51. The third kappa shape index (κ3) is 2.53. The van der Waals surface area contributed by atoms with Crippen LogP contribution < -0.4 is 10.6 Å². The summed E-state index contributed by atoms with van der Waals surface area (Å²) in [5.41, 5.74) is 6.61. The highest BCUT2D eigenvalue weighted by Gasteiger charge is 2.33. The van der Waals surface area contributed by atoms with Crippen LogP contribution in [0.1, 0.15) is 6.42 Å². The van der Waals surface area contributed by atoms with Gasteiger partial charge in [0.05, 0.1) is 11.8 Å². The zero-order valence-electron chi connectivity index (χ0n) is 10.7. The van der Waals surface area contributed by atoms with E-state index in [0.29, 0.717) is 12.2 Å². The lowest BCUT2D eigenvalue weighted by molar-refractivity contribution is 0.191. The number of likely N-dealkylation sites (N-methyl/N-ethyl adjacent to an activating group) is 1. The summed E-state index contributed by atoms with van der Waals surface area (Å²) in [5, 5.41) is 14.2. The predicted octanol–water partition coefficient (Wildman–Crippen LogP) is -0.496. The zero-order chi connectivity index (χ0) is 12.6. The number of hydrogen-bond donors (Lipinski definition) is 2. The van der Waals surface area contributed by atoms with Crippen molar-refractivity contribution in [3.05, 3.63) is 6.20 Å². The van der Waals surface area contributed by atoms with E-state index in [9.17, 15) is 5.11 Å². The first-order valence-corrected chi connectivity index (χ1v) is 5.86. The fourth-order valence-electron chi connectivity index (χ4n) is 2.46. The number of rotatable bonds is 3. The Morgan fingerprint density at radius 3 is 2.82 bits per heavy atom. The van der Waals surface area contributed by atoms with Gasteiger partial charge in [0, 0.05) is 32.4 Å². The van der Waals surface area contributed by atoms with E-state index in [0.717, 1.165) is 18.8 Å². The highest BCUT2D eigenvalue weighted by molar-refractivity contribution is 5.63. The van der Waals surface area contributed by atoms with Crippen molar-refractivity contribution in [3.63, 3.8) is 0 Å². The number of hydrogen-bond acceptors (Lipinski definition) is 5. The molecule has 0 aromatic carbocycles. The van der Waals surface area contributed by atoms with Gasteiger partial charge >= 0.3 is 0 Å². The molecule has 2 heterocycles. The quantitative estimate of drug-likeness (QED) is 0.744. The van der Waals surface area contributed by atoms with Crippen LogP contribution in [0.2, 0.25) is 0 Å². The average Bonchev–Trinajstić information content (AvgIpc) is 2.69. The van der Waals surface area contributed by atoms with Gasteiger partial charge in [-0.15, -0.1) is 0 Å². The largest absolute Gasteiger partial charge is 0.394 e. The Morgan fingerprint density at radius 1 is 1.59 bits per heavy atom. The molecular formula is C11H21N5O. The molecule has 0 radical (unpaired) electrons. The molecule has 0 bridgehead atoms. The van der Waals surface area contributed by atoms with Crippen molar-refractivity contribution in [2.75, 3.05) is 37.8 Å². The van der Waals surface area contributed by atoms with Gasteiger partial charge in [-0.05, 0) is 20.5 Å². The number of aryl methyl sites for hydroxylation is 1. The van der Waals surface area contributed by atoms with Crippen LogP contribution in [-0.2, 0) is 7.05 Å². The van der Waals surface area contributed by atoms with Gasteiger partial charge in [0.15, 0.2) is 5.82 Å². The number of nitrogens with two attached hydrogens (primary N) is 1. The first kappa shape index (κ1) is 12.2. The summed E-state index contributed by atoms with van der Waals surface area (Å²) >= 11 is 0. The summed E-state index contributed by atoms with van der Waals surface area (Å²) in [6.07, 6.45) is 2.28. The van der Waals surface area contributed by atoms with Crippen molar-refractivity contribution < 1.29 is 5.11 Å². The molecule has 1 aromatic heterocycles. The number of aliphatic hydroxyl groups is 1. The van der Waals surface area contributed by atoms with Gasteiger partial charge in [-0.3, -0.25) is 4.68 Å². The molecule has 1 aliphatic heterocycles. The molecule has 0 amide bonds. The molecule has 0 spiro atoms. The zero-order valence-corrected chi connectivity index (χ0v) is 10.7. The molecule has 2 rings (SSSR count). The Bertz CT molecular complexity index is 389. The van der Waals surface area contributed by atoms with Crippen LogP contribution in [0.4, 0.5) is 11.5 Å². The normalized spacial score (nSPS) is 24.9. The molecule has 96 valence electrons. The van der Waals surface area contributed by atoms with E-state index in [-0.39, 0.29) is 12.1 Å². The van der Waals surface area contributed by atoms with Crippen LogP contribution in [-0.4, -0.2) is 59.1 Å². The summed E-state index contributed by atoms with van der Waals surface area (Å²) in [7, 11) is 5.92. The van der Waals surface area contributed by atoms with E-state index >= 15 is 0 Å². The SMILES string of the molecule is CN(C)CC1CC(O)CN1c1nn(C)cc1N. The molecule has 2 unspecified atom stereocenters. The number of β-amino-alcohol motifs (C(OH)–C–C–N with tert-alkyl or cyclic N) is 1. The Kier molecular flexibility index (Phi) is 3.26. The van der Waals surface area contributed by atoms with Gasteiger partial charge in [0.2, 0.25) is 0 Å². The minimum Gasteiger partial charge on any atom is -0.394 e. The Morgan fingerprint density at radius 2 is 2.29 bits per heavy atom. The third-order valence-electron chi connectivity index (χ3n) is 3.08. The molecule has 6 heteroatoms. The number of aromatic nitrogens is 2. The lowest BCUT2D eigenvalue weighted by Crippen LogP contribution is -2.38. The maximum Gasteiger partial charge on any atom is 0.174 e. The molecule has 2 atom stereocenters. The lowest BCUT2D eigenvalue weighted by atomic mass is 10.2. The molecular weight excluding hydrogens is 218 g/mol. The van der Waals surface area contributed by atoms with Crippen LogP contribution >= 0.6 is 0 Å². The van der Waals surface area contributed by atoms with Gasteiger partial charge < -0.3 is 20.6 Å². The van der Waals surface area contributed by atoms with E-state index in [1.165, 1.54) is 0 Å². The van der Waals surface area contributed by atoms with E-state index < -0.39 is 0 Å². The number of aliphatic hydroxyl groups excluding tert-OH is 1. The monoisotopic (exact) mass is 239 g/mol. The van der Waals surface area contributed by atoms with Gasteiger partial charge in [-0.1, -0.05) is 0 Å². The van der Waals surface area contributed by atoms with Crippen molar-refractivity contribution in [1.29, 1.82) is 0 Å². The fraction of sp³-hybridized carbons (Fsp3) is 0.727. The van der Waals surface area contributed by atoms with Crippen LogP contribution in [0.25, 0.3) is 0 Å². The van der Waals surface area contributed by atoms with Crippen LogP contribution in [0.15, 0.2) is 6.20 Å². The van der Waals surface area contributed by atoms with E-state index in [1.807, 2.05) is 21.1 Å². The molecule has 0 aliphatic carbocycles. The second-order valence-electron chi connectivity index (χ2n) is 5.04. The molecule has 0 saturated carbocycles. The van der Waals surface area contributed by atoms with Gasteiger partial charge in [-0.2, -0.15) is 5.10 Å². The van der Waals surface area contributed by atoms with E-state index in [4.69, 9.17) is 5.73 Å². The predicted molar refractivity (Wildman–Crippen MR) is 67.9 cm³/mol. The molecule has 1 aromatic rings. The van der Waals surface area contributed by atoms with E-state index in [1.54, 1.807) is 10.9 Å². The summed E-state index contributed by atoms with van der Waals surface area (Å²) in [6, 6.07) is 0.275. The fourth-order valence-corrected chi connectivity index (χ4v) is 2.46. The topological polar surface area (TPSA) is 70.5 Å². The standard InChI is InChI=1S/C11H21N5O/c1-14(2)5-8-4-9(17)6-16(8)11-10(12)7-15(3)13-11/h7-9,17H,4-6,12H2,1-3H3. The maximum absolute atomic E-state index is 9.81. The first-order chi connectivity index (χ1) is 7.97. The molecule has 1 aliphatic rings. The number of anilines is 2. The average molecular weight is 239 g/mol. The molecule has 6 nitrogen and oxygen atoms in total. The Hall–Kier alpha value is -1.27. The highest BCUT2D eigenvalue weighted by atomic mass is 16.3. The minimum atomic E-state index is -0.290. The second kappa shape index (κ2) is 4.54. The number of nitrogens with zero attached hydrogens (tertiary/aromatic N) is 4. The van der Waals surface area contributed by atoms with Crippen LogP contribution in [0.5, 0.6) is 0 Å². The van der Waals surface area contributed by atoms with Crippen molar-refractivity contribution >= 4 is 11.5 Å². The maximum atomic E-state index is 9.81. The van der Waals surface area contributed by atoms with E-state index in [2.05, 4.69) is 14.9 Å². The number of nitrogen functional groups attached to an aromatic ring is 1. The van der Waals surface area contributed by atoms with Gasteiger partial charge in [0.25, 0.3) is 0 Å². The Balaban J connectivity index is 2.20. The third-order valence-corrected chi connectivity index (χ3v) is 3.08. The minimum absolute atomic E-state index is 0.275. The molecule has 1 saturated heterocycles. The van der Waals surface area contributed by atoms with Crippen molar-refractivity contribution in [3.8, 4) is 0 Å². The van der Waals surface area contributed by atoms with Crippen LogP contribution in [0.3, 0.4) is 0 Å². The summed E-state index contributed by atoms with van der Waals surface area (Å²) < 4.78 is 1.71. The molecule has 1 fully saturated rings. The molecule has 17 heavy (non-hydrogen) atoms. The smallest absolute Gasteiger partial charge is 0.174 e. The van der Waals surface area contributed by atoms with Crippen molar-refractivity contribution in [2.45, 2.75) is 18.6 Å². The van der Waals surface area contributed by atoms with Crippen LogP contribution in [0, 0.1) is 0 Å². The van der Waals surface area contributed by atoms with Gasteiger partial charge in [0.1, 0.15) is 0 Å². The first-order valence-electron chi connectivity index (χ1n) is 5.86. The van der Waals surface area contributed by atoms with Crippen molar-refractivity contribution in [2.24, 2.45) is 7.05 Å². The van der Waals surface area contributed by atoms with Gasteiger partial charge in [-0.25, -0.2) is 0 Å². The lowest BCUT2D eigenvalue weighted by Gasteiger charge is -2.27. The van der Waals surface area contributed by atoms with Crippen molar-refractivity contribution in [1.82, 2.24) is 14.7 Å². The molecule has 3 N–H and O–H groups in total.